The van der Waals surface area contributed by atoms with E-state index in [9.17, 15) is 9.90 Å². The Morgan fingerprint density at radius 3 is 2.87 bits per heavy atom. The number of hydrogen-bond acceptors (Lipinski definition) is 5. The SMILES string of the molecule is COCC(O)CCNC(=O)c1ccccc1NCc1ccco1. The molecular formula is C17H22N2O4. The Morgan fingerprint density at radius 1 is 1.30 bits per heavy atom. The zero-order valence-electron chi connectivity index (χ0n) is 13.1. The van der Waals surface area contributed by atoms with E-state index >= 15 is 0 Å². The van der Waals surface area contributed by atoms with Crippen molar-refractivity contribution < 1.29 is 19.1 Å². The van der Waals surface area contributed by atoms with Gasteiger partial charge in [-0.3, -0.25) is 4.79 Å². The molecule has 0 radical (unpaired) electrons. The number of methoxy groups -OCH3 is 1. The van der Waals surface area contributed by atoms with E-state index in [2.05, 4.69) is 10.6 Å². The van der Waals surface area contributed by atoms with Gasteiger partial charge < -0.3 is 24.9 Å². The third kappa shape index (κ3) is 5.43. The van der Waals surface area contributed by atoms with E-state index < -0.39 is 6.10 Å². The van der Waals surface area contributed by atoms with Crippen LogP contribution in [0.5, 0.6) is 0 Å². The molecule has 6 heteroatoms. The molecule has 124 valence electrons. The van der Waals surface area contributed by atoms with Crippen molar-refractivity contribution in [2.75, 3.05) is 25.6 Å². The van der Waals surface area contributed by atoms with Crippen LogP contribution in [0.3, 0.4) is 0 Å². The summed E-state index contributed by atoms with van der Waals surface area (Å²) in [5.41, 5.74) is 1.29. The zero-order valence-corrected chi connectivity index (χ0v) is 13.1. The predicted molar refractivity (Wildman–Crippen MR) is 87.3 cm³/mol. The Hall–Kier alpha value is -2.31. The number of nitrogens with one attached hydrogen (secondary N) is 2. The fourth-order valence-electron chi connectivity index (χ4n) is 2.15. The van der Waals surface area contributed by atoms with Gasteiger partial charge in [0, 0.05) is 19.3 Å². The molecule has 0 aliphatic carbocycles. The molecule has 0 fully saturated rings. The molecule has 2 rings (SSSR count). The van der Waals surface area contributed by atoms with E-state index in [4.69, 9.17) is 9.15 Å². The van der Waals surface area contributed by atoms with Gasteiger partial charge in [-0.2, -0.15) is 0 Å². The van der Waals surface area contributed by atoms with Crippen molar-refractivity contribution in [3.05, 3.63) is 54.0 Å². The van der Waals surface area contributed by atoms with Crippen LogP contribution in [-0.2, 0) is 11.3 Å². The normalized spacial score (nSPS) is 11.9. The highest BCUT2D eigenvalue weighted by Gasteiger charge is 2.11. The van der Waals surface area contributed by atoms with Crippen molar-refractivity contribution in [1.29, 1.82) is 0 Å². The molecule has 0 saturated carbocycles. The maximum absolute atomic E-state index is 12.3. The maximum atomic E-state index is 12.3. The average molecular weight is 318 g/mol. The molecule has 0 aliphatic heterocycles. The second-order valence-electron chi connectivity index (χ2n) is 5.13. The van der Waals surface area contributed by atoms with Crippen molar-refractivity contribution in [2.24, 2.45) is 0 Å². The van der Waals surface area contributed by atoms with Crippen molar-refractivity contribution in [3.8, 4) is 0 Å². The van der Waals surface area contributed by atoms with Crippen LogP contribution in [0.1, 0.15) is 22.5 Å². The third-order valence-electron chi connectivity index (χ3n) is 3.33. The highest BCUT2D eigenvalue weighted by atomic mass is 16.5. The Bertz CT molecular complexity index is 598. The highest BCUT2D eigenvalue weighted by Crippen LogP contribution is 2.16. The largest absolute Gasteiger partial charge is 0.467 e. The standard InChI is InChI=1S/C17H22N2O4/c1-22-12-13(20)8-9-18-17(21)15-6-2-3-7-16(15)19-11-14-5-4-10-23-14/h2-7,10,13,19-20H,8-9,11-12H2,1H3,(H,18,21). The van der Waals surface area contributed by atoms with Gasteiger partial charge in [0.2, 0.25) is 0 Å². The lowest BCUT2D eigenvalue weighted by Gasteiger charge is -2.13. The summed E-state index contributed by atoms with van der Waals surface area (Å²) in [5.74, 6) is 0.611. The van der Waals surface area contributed by atoms with Gasteiger partial charge in [0.05, 0.1) is 31.1 Å². The van der Waals surface area contributed by atoms with Crippen LogP contribution in [0.2, 0.25) is 0 Å². The highest BCUT2D eigenvalue weighted by molar-refractivity contribution is 5.99. The van der Waals surface area contributed by atoms with Gasteiger partial charge in [0.25, 0.3) is 5.91 Å². The van der Waals surface area contributed by atoms with Gasteiger partial charge in [-0.25, -0.2) is 0 Å². The first kappa shape index (κ1) is 17.1. The number of ether oxygens (including phenoxy) is 1. The number of aliphatic hydroxyl groups excluding tert-OH is 1. The molecule has 1 amide bonds. The van der Waals surface area contributed by atoms with Crippen molar-refractivity contribution in [2.45, 2.75) is 19.1 Å². The van der Waals surface area contributed by atoms with E-state index in [1.807, 2.05) is 30.3 Å². The number of furan rings is 1. The molecule has 0 aliphatic rings. The summed E-state index contributed by atoms with van der Waals surface area (Å²) < 4.78 is 10.1. The van der Waals surface area contributed by atoms with Crippen molar-refractivity contribution in [1.82, 2.24) is 5.32 Å². The monoisotopic (exact) mass is 318 g/mol. The number of amides is 1. The van der Waals surface area contributed by atoms with Crippen LogP contribution in [0.4, 0.5) is 5.69 Å². The number of aliphatic hydroxyl groups is 1. The number of para-hydroxylation sites is 1. The van der Waals surface area contributed by atoms with Gasteiger partial charge >= 0.3 is 0 Å². The summed E-state index contributed by atoms with van der Waals surface area (Å²) in [6, 6.07) is 11.0. The molecule has 23 heavy (non-hydrogen) atoms. The van der Waals surface area contributed by atoms with Crippen molar-refractivity contribution in [3.63, 3.8) is 0 Å². The van der Waals surface area contributed by atoms with Crippen LogP contribution in [0, 0.1) is 0 Å². The lowest BCUT2D eigenvalue weighted by molar-refractivity contribution is 0.0588. The van der Waals surface area contributed by atoms with Gasteiger partial charge in [-0.15, -0.1) is 0 Å². The van der Waals surface area contributed by atoms with E-state index in [-0.39, 0.29) is 12.5 Å². The first-order valence-corrected chi connectivity index (χ1v) is 7.51. The average Bonchev–Trinajstić information content (AvgIpc) is 3.07. The van der Waals surface area contributed by atoms with E-state index in [1.54, 1.807) is 12.3 Å². The van der Waals surface area contributed by atoms with Gasteiger partial charge in [0.15, 0.2) is 0 Å². The summed E-state index contributed by atoms with van der Waals surface area (Å²) >= 11 is 0. The van der Waals surface area contributed by atoms with Crippen LogP contribution < -0.4 is 10.6 Å². The van der Waals surface area contributed by atoms with Gasteiger partial charge in [-0.1, -0.05) is 12.1 Å². The van der Waals surface area contributed by atoms with Crippen molar-refractivity contribution >= 4 is 11.6 Å². The number of hydrogen-bond donors (Lipinski definition) is 3. The minimum Gasteiger partial charge on any atom is -0.467 e. The molecule has 1 aromatic heterocycles. The number of carbonyl (C=O) groups excluding carboxylic acids is 1. The number of anilines is 1. The molecule has 6 nitrogen and oxygen atoms in total. The van der Waals surface area contributed by atoms with Gasteiger partial charge in [-0.05, 0) is 30.7 Å². The molecule has 2 aromatic rings. The zero-order chi connectivity index (χ0) is 16.5. The molecule has 1 heterocycles. The second kappa shape index (κ2) is 8.97. The van der Waals surface area contributed by atoms with Crippen LogP contribution >= 0.6 is 0 Å². The summed E-state index contributed by atoms with van der Waals surface area (Å²) in [6.45, 7) is 1.15. The molecule has 1 atom stereocenters. The molecular weight excluding hydrogens is 296 g/mol. The topological polar surface area (TPSA) is 83.7 Å². The molecule has 0 spiro atoms. The van der Waals surface area contributed by atoms with Crippen LogP contribution in [-0.4, -0.2) is 37.4 Å². The lowest BCUT2D eigenvalue weighted by atomic mass is 10.1. The molecule has 3 N–H and O–H groups in total. The quantitative estimate of drug-likeness (QED) is 0.659. The molecule has 1 unspecified atom stereocenters. The fourth-order valence-corrected chi connectivity index (χ4v) is 2.15. The smallest absolute Gasteiger partial charge is 0.253 e. The minimum atomic E-state index is -0.576. The summed E-state index contributed by atoms with van der Waals surface area (Å²) in [7, 11) is 1.53. The van der Waals surface area contributed by atoms with E-state index in [0.717, 1.165) is 11.4 Å². The minimum absolute atomic E-state index is 0.183. The first-order valence-electron chi connectivity index (χ1n) is 7.51. The number of rotatable bonds is 9. The van der Waals surface area contributed by atoms with E-state index in [0.29, 0.717) is 25.1 Å². The summed E-state index contributed by atoms with van der Waals surface area (Å²) in [6.07, 6.45) is 1.48. The molecule has 0 bridgehead atoms. The van der Waals surface area contributed by atoms with Crippen LogP contribution in [0.15, 0.2) is 47.1 Å². The summed E-state index contributed by atoms with van der Waals surface area (Å²) in [5, 5.41) is 15.6. The second-order valence-corrected chi connectivity index (χ2v) is 5.13. The van der Waals surface area contributed by atoms with Gasteiger partial charge in [0.1, 0.15) is 5.76 Å². The van der Waals surface area contributed by atoms with E-state index in [1.165, 1.54) is 7.11 Å². The summed E-state index contributed by atoms with van der Waals surface area (Å²) in [4.78, 5) is 12.3. The fraction of sp³-hybridized carbons (Fsp3) is 0.353. The predicted octanol–water partition coefficient (Wildman–Crippen LogP) is 2.02. The molecule has 0 saturated heterocycles. The third-order valence-corrected chi connectivity index (χ3v) is 3.33. The first-order chi connectivity index (χ1) is 11.2. The lowest BCUT2D eigenvalue weighted by Crippen LogP contribution is -2.29. The number of benzene rings is 1. The Labute approximate surface area is 135 Å². The Balaban J connectivity index is 1.89. The Kier molecular flexibility index (Phi) is 6.65. The Morgan fingerprint density at radius 2 is 2.13 bits per heavy atom. The maximum Gasteiger partial charge on any atom is 0.253 e. The number of carbonyl (C=O) groups is 1. The van der Waals surface area contributed by atoms with Crippen LogP contribution in [0.25, 0.3) is 0 Å². The molecule has 1 aromatic carbocycles.